The van der Waals surface area contributed by atoms with Gasteiger partial charge in [0.25, 0.3) is 7.52 Å². The highest BCUT2D eigenvalue weighted by atomic mass is 31.2. The standard InChI is InChI=1S/C9H17N4O4P/c1-7-12-9(10)2-3-13(7)4-8(5-14)17-6-18(11,15)16/h2-3,8,14H,1,4-6H2,(H2,10,12)(H3,11,15,16)/t8-/m0/s1. The van der Waals surface area contributed by atoms with Crippen LogP contribution < -0.4 is 11.2 Å². The minimum atomic E-state index is -3.75. The second kappa shape index (κ2) is 6.12. The highest BCUT2D eigenvalue weighted by Crippen LogP contribution is 2.29. The number of hydrogen-bond donors (Lipinski definition) is 4. The number of amidine groups is 1. The molecule has 6 N–H and O–H groups in total. The van der Waals surface area contributed by atoms with Crippen molar-refractivity contribution in [2.45, 2.75) is 6.10 Å². The van der Waals surface area contributed by atoms with Crippen LogP contribution in [0.1, 0.15) is 0 Å². The average Bonchev–Trinajstić information content (AvgIpc) is 2.25. The first kappa shape index (κ1) is 14.9. The zero-order valence-electron chi connectivity index (χ0n) is 9.77. The average molecular weight is 276 g/mol. The molecule has 102 valence electrons. The van der Waals surface area contributed by atoms with Crippen LogP contribution in [0.5, 0.6) is 0 Å². The maximum absolute atomic E-state index is 10.9. The molecule has 1 rings (SSSR count). The summed E-state index contributed by atoms with van der Waals surface area (Å²) in [5.74, 6) is 0.733. The molecule has 0 aromatic carbocycles. The van der Waals surface area contributed by atoms with Gasteiger partial charge in [-0.1, -0.05) is 6.58 Å². The van der Waals surface area contributed by atoms with Crippen molar-refractivity contribution in [3.63, 3.8) is 0 Å². The van der Waals surface area contributed by atoms with Crippen LogP contribution in [-0.2, 0) is 9.30 Å². The van der Waals surface area contributed by atoms with Gasteiger partial charge in [0.1, 0.15) is 18.0 Å². The summed E-state index contributed by atoms with van der Waals surface area (Å²) in [5.41, 5.74) is 10.4. The van der Waals surface area contributed by atoms with Crippen molar-refractivity contribution in [3.8, 4) is 0 Å². The van der Waals surface area contributed by atoms with Gasteiger partial charge in [-0.25, -0.2) is 4.99 Å². The molecule has 0 saturated carbocycles. The first-order valence-electron chi connectivity index (χ1n) is 5.12. The largest absolute Gasteiger partial charge is 0.394 e. The summed E-state index contributed by atoms with van der Waals surface area (Å²) in [6, 6.07) is 0. The van der Waals surface area contributed by atoms with E-state index in [9.17, 15) is 4.57 Å². The van der Waals surface area contributed by atoms with E-state index in [0.717, 1.165) is 0 Å². The van der Waals surface area contributed by atoms with Crippen LogP contribution in [-0.4, -0.2) is 46.3 Å². The first-order chi connectivity index (χ1) is 8.31. The minimum Gasteiger partial charge on any atom is -0.394 e. The smallest absolute Gasteiger partial charge is 0.289 e. The number of hydrogen-bond acceptors (Lipinski definition) is 6. The molecule has 9 heteroatoms. The summed E-state index contributed by atoms with van der Waals surface area (Å²) in [6.07, 6.45) is 2.01. The van der Waals surface area contributed by atoms with Crippen molar-refractivity contribution in [1.29, 1.82) is 0 Å². The lowest BCUT2D eigenvalue weighted by molar-refractivity contribution is 0.0221. The van der Waals surface area contributed by atoms with Crippen LogP contribution >= 0.6 is 7.52 Å². The van der Waals surface area contributed by atoms with Crippen LogP contribution in [0.15, 0.2) is 29.7 Å². The van der Waals surface area contributed by atoms with Gasteiger partial charge in [0.15, 0.2) is 0 Å². The van der Waals surface area contributed by atoms with Crippen LogP contribution in [0, 0.1) is 0 Å². The molecule has 0 aromatic heterocycles. The second-order valence-corrected chi connectivity index (χ2v) is 5.55. The topological polar surface area (TPSA) is 134 Å². The zero-order valence-corrected chi connectivity index (χ0v) is 10.7. The fourth-order valence-corrected chi connectivity index (χ4v) is 1.69. The van der Waals surface area contributed by atoms with E-state index in [0.29, 0.717) is 11.7 Å². The molecule has 1 aliphatic heterocycles. The van der Waals surface area contributed by atoms with Crippen molar-refractivity contribution < 1.29 is 19.3 Å². The molecule has 0 aliphatic carbocycles. The number of aliphatic hydroxyl groups is 1. The van der Waals surface area contributed by atoms with Gasteiger partial charge in [-0.3, -0.25) is 10.1 Å². The predicted octanol–water partition coefficient (Wildman–Crippen LogP) is -0.877. The van der Waals surface area contributed by atoms with Gasteiger partial charge in [-0.2, -0.15) is 0 Å². The predicted molar refractivity (Wildman–Crippen MR) is 67.4 cm³/mol. The quantitative estimate of drug-likeness (QED) is 0.463. The molecule has 8 nitrogen and oxygen atoms in total. The number of rotatable bonds is 6. The van der Waals surface area contributed by atoms with Crippen LogP contribution in [0.4, 0.5) is 0 Å². The fourth-order valence-electron chi connectivity index (χ4n) is 1.26. The van der Waals surface area contributed by atoms with Crippen molar-refractivity contribution in [3.05, 3.63) is 24.7 Å². The maximum Gasteiger partial charge on any atom is 0.289 e. The molecule has 0 bridgehead atoms. The summed E-state index contributed by atoms with van der Waals surface area (Å²) in [7, 11) is -3.75. The van der Waals surface area contributed by atoms with E-state index in [1.165, 1.54) is 0 Å². The molecule has 0 spiro atoms. The zero-order chi connectivity index (χ0) is 13.8. The van der Waals surface area contributed by atoms with Gasteiger partial charge < -0.3 is 25.4 Å². The van der Waals surface area contributed by atoms with Crippen LogP contribution in [0.3, 0.4) is 0 Å². The molecular formula is C9H17N4O4P. The Balaban J connectivity index is 2.52. The normalized spacial score (nSPS) is 20.5. The molecule has 1 heterocycles. The lowest BCUT2D eigenvalue weighted by Crippen LogP contribution is -2.34. The highest BCUT2D eigenvalue weighted by Gasteiger charge is 2.19. The van der Waals surface area contributed by atoms with Crippen molar-refractivity contribution in [2.24, 2.45) is 16.2 Å². The van der Waals surface area contributed by atoms with Gasteiger partial charge >= 0.3 is 0 Å². The van der Waals surface area contributed by atoms with Crippen LogP contribution in [0.2, 0.25) is 0 Å². The van der Waals surface area contributed by atoms with Gasteiger partial charge in [0.05, 0.1) is 19.3 Å². The third kappa shape index (κ3) is 4.99. The number of aliphatic imine (C=N–C) groups is 1. The maximum atomic E-state index is 10.9. The van der Waals surface area contributed by atoms with E-state index in [4.69, 9.17) is 26.0 Å². The Morgan fingerprint density at radius 3 is 2.83 bits per heavy atom. The molecule has 1 unspecified atom stereocenters. The monoisotopic (exact) mass is 276 g/mol. The van der Waals surface area contributed by atoms with Crippen molar-refractivity contribution in [2.75, 3.05) is 19.5 Å². The summed E-state index contributed by atoms with van der Waals surface area (Å²) >= 11 is 0. The highest BCUT2D eigenvalue weighted by molar-refractivity contribution is 7.55. The SMILES string of the molecule is C=C1N=C(N)C=CN1C[C@@H](CO)OCP(N)(=O)O. The molecule has 2 atom stereocenters. The molecular weight excluding hydrogens is 259 g/mol. The molecule has 0 fully saturated rings. The van der Waals surface area contributed by atoms with E-state index in [1.54, 1.807) is 17.2 Å². The Hall–Kier alpha value is -1.18. The van der Waals surface area contributed by atoms with Crippen molar-refractivity contribution in [1.82, 2.24) is 4.90 Å². The molecule has 0 amide bonds. The van der Waals surface area contributed by atoms with E-state index in [1.807, 2.05) is 0 Å². The molecule has 1 aliphatic rings. The number of nitrogens with zero attached hydrogens (tertiary/aromatic N) is 2. The van der Waals surface area contributed by atoms with E-state index in [2.05, 4.69) is 11.6 Å². The fraction of sp³-hybridized carbons (Fsp3) is 0.444. The number of nitrogens with two attached hydrogens (primary N) is 2. The second-order valence-electron chi connectivity index (χ2n) is 3.78. The number of aliphatic hydroxyl groups excluding tert-OH is 1. The summed E-state index contributed by atoms with van der Waals surface area (Å²) in [5, 5.41) is 9.11. The Kier molecular flexibility index (Phi) is 5.06. The number of ether oxygens (including phenoxy) is 1. The van der Waals surface area contributed by atoms with Gasteiger partial charge in [0, 0.05) is 6.20 Å². The van der Waals surface area contributed by atoms with Crippen LogP contribution in [0.25, 0.3) is 0 Å². The Labute approximate surface area is 105 Å². The summed E-state index contributed by atoms with van der Waals surface area (Å²) < 4.78 is 15.9. The molecule has 0 saturated heterocycles. The molecule has 18 heavy (non-hydrogen) atoms. The van der Waals surface area contributed by atoms with E-state index in [-0.39, 0.29) is 13.2 Å². The Morgan fingerprint density at radius 1 is 1.67 bits per heavy atom. The Morgan fingerprint density at radius 2 is 2.33 bits per heavy atom. The minimum absolute atomic E-state index is 0.225. The Bertz CT molecular complexity index is 417. The van der Waals surface area contributed by atoms with E-state index >= 15 is 0 Å². The lowest BCUT2D eigenvalue weighted by Gasteiger charge is -2.27. The first-order valence-corrected chi connectivity index (χ1v) is 7.04. The van der Waals surface area contributed by atoms with Crippen molar-refractivity contribution >= 4 is 13.4 Å². The van der Waals surface area contributed by atoms with Gasteiger partial charge in [-0.05, 0) is 6.08 Å². The van der Waals surface area contributed by atoms with Gasteiger partial charge in [0.2, 0.25) is 0 Å². The van der Waals surface area contributed by atoms with Gasteiger partial charge in [-0.15, -0.1) is 0 Å². The summed E-state index contributed by atoms with van der Waals surface area (Å²) in [6.45, 7) is 3.59. The summed E-state index contributed by atoms with van der Waals surface area (Å²) in [4.78, 5) is 14.4. The molecule has 0 radical (unpaired) electrons. The lowest BCUT2D eigenvalue weighted by atomic mass is 10.3. The molecule has 0 aromatic rings. The third-order valence-electron chi connectivity index (χ3n) is 2.11. The van der Waals surface area contributed by atoms with E-state index < -0.39 is 20.0 Å². The third-order valence-corrected chi connectivity index (χ3v) is 2.63.